The largest absolute Gasteiger partial charge is 0.461 e. The molecule has 8 heteroatoms. The molecule has 0 radical (unpaired) electrons. The van der Waals surface area contributed by atoms with Crippen molar-refractivity contribution < 1.29 is 19.5 Å². The van der Waals surface area contributed by atoms with Gasteiger partial charge < -0.3 is 19.2 Å². The van der Waals surface area contributed by atoms with Crippen LogP contribution in [0.15, 0.2) is 64.5 Å². The molecule has 4 heterocycles. The Bertz CT molecular complexity index is 1680. The fraction of sp³-hybridized carbons (Fsp3) is 0.290. The molecule has 198 valence electrons. The highest BCUT2D eigenvalue weighted by atomic mass is 16.6. The Morgan fingerprint density at radius 2 is 1.95 bits per heavy atom. The van der Waals surface area contributed by atoms with Gasteiger partial charge in [0, 0.05) is 21.9 Å². The summed E-state index contributed by atoms with van der Waals surface area (Å²) in [6.07, 6.45) is 2.21. The highest BCUT2D eigenvalue weighted by Gasteiger charge is 2.40. The first kappa shape index (κ1) is 25.0. The van der Waals surface area contributed by atoms with Gasteiger partial charge >= 0.3 is 5.97 Å². The topological polar surface area (TPSA) is 103 Å². The van der Waals surface area contributed by atoms with E-state index in [2.05, 4.69) is 5.16 Å². The summed E-state index contributed by atoms with van der Waals surface area (Å²) >= 11 is 0. The van der Waals surface area contributed by atoms with E-state index >= 15 is 0 Å². The number of benzene rings is 2. The van der Waals surface area contributed by atoms with Crippen LogP contribution in [0.4, 0.5) is 0 Å². The van der Waals surface area contributed by atoms with E-state index in [4.69, 9.17) is 14.6 Å². The number of cyclic esters (lactones) is 1. The van der Waals surface area contributed by atoms with Gasteiger partial charge in [-0.1, -0.05) is 60.1 Å². The summed E-state index contributed by atoms with van der Waals surface area (Å²) in [6.45, 7) is 4.23. The number of esters is 1. The van der Waals surface area contributed by atoms with Crippen molar-refractivity contribution in [3.8, 4) is 11.4 Å². The number of aryl methyl sites for hydroxylation is 1. The number of oxime groups is 1. The molecule has 2 aliphatic rings. The lowest BCUT2D eigenvalue weighted by molar-refractivity contribution is -0.146. The molecule has 0 aliphatic carbocycles. The quantitative estimate of drug-likeness (QED) is 0.201. The number of nitrogens with zero attached hydrogens (tertiary/aromatic N) is 3. The summed E-state index contributed by atoms with van der Waals surface area (Å²) < 4.78 is 7.06. The molecule has 4 aromatic rings. The first-order valence-corrected chi connectivity index (χ1v) is 13.1. The van der Waals surface area contributed by atoms with Crippen molar-refractivity contribution in [1.82, 2.24) is 9.55 Å². The highest BCUT2D eigenvalue weighted by molar-refractivity contribution is 6.02. The molecule has 2 aromatic heterocycles. The molecule has 6 rings (SSSR count). The molecule has 0 fully saturated rings. The van der Waals surface area contributed by atoms with Gasteiger partial charge in [0.05, 0.1) is 48.3 Å². The number of ether oxygens (including phenoxy) is 1. The number of aliphatic hydroxyl groups excluding tert-OH is 1. The average Bonchev–Trinajstić information content (AvgIpc) is 3.25. The van der Waals surface area contributed by atoms with Crippen LogP contribution in [0.1, 0.15) is 53.1 Å². The first-order chi connectivity index (χ1) is 18.9. The normalized spacial score (nSPS) is 18.0. The predicted molar refractivity (Wildman–Crippen MR) is 148 cm³/mol. The lowest BCUT2D eigenvalue weighted by Gasteiger charge is -2.30. The van der Waals surface area contributed by atoms with Crippen LogP contribution >= 0.6 is 0 Å². The standard InChI is InChI=1S/C31H29N3O5/c1-3-31(18-35)13-28(36)38-17-24-25(31)12-27-29-23(15-34(27)30(24)37)22(21-6-4-5-7-26(21)33-29)14-32-39-16-20-10-8-19(2)9-11-20/h4-12,14,35H,3,13,15-18H2,1-2H3/b32-14+. The average molecular weight is 524 g/mol. The number of fused-ring (bicyclic) bond motifs is 5. The Labute approximate surface area is 225 Å². The minimum absolute atomic E-state index is 0.0180. The smallest absolute Gasteiger partial charge is 0.307 e. The van der Waals surface area contributed by atoms with E-state index in [0.29, 0.717) is 42.1 Å². The van der Waals surface area contributed by atoms with Gasteiger partial charge in [0.15, 0.2) is 0 Å². The van der Waals surface area contributed by atoms with Crippen LogP contribution in [0.2, 0.25) is 0 Å². The summed E-state index contributed by atoms with van der Waals surface area (Å²) in [4.78, 5) is 36.8. The van der Waals surface area contributed by atoms with Gasteiger partial charge in [-0.2, -0.15) is 0 Å². The SMILES string of the molecule is CCC1(CO)CC(=O)OCc2c1cc1n(c2=O)Cc2c-1nc1ccccc1c2/C=N/OCc1ccc(C)cc1. The Morgan fingerprint density at radius 1 is 1.15 bits per heavy atom. The molecular formula is C31H29N3O5. The van der Waals surface area contributed by atoms with Crippen LogP contribution in [0.25, 0.3) is 22.3 Å². The van der Waals surface area contributed by atoms with E-state index in [1.807, 2.05) is 68.4 Å². The van der Waals surface area contributed by atoms with E-state index in [0.717, 1.165) is 27.6 Å². The Hall–Kier alpha value is -4.30. The zero-order valence-corrected chi connectivity index (χ0v) is 21.9. The van der Waals surface area contributed by atoms with Gasteiger partial charge in [0.2, 0.25) is 0 Å². The Kier molecular flexibility index (Phi) is 6.27. The van der Waals surface area contributed by atoms with Gasteiger partial charge in [-0.25, -0.2) is 4.98 Å². The maximum atomic E-state index is 13.8. The van der Waals surface area contributed by atoms with Crippen LogP contribution in [0.3, 0.4) is 0 Å². The van der Waals surface area contributed by atoms with Gasteiger partial charge in [0.1, 0.15) is 13.2 Å². The second kappa shape index (κ2) is 9.78. The number of para-hydroxylation sites is 1. The minimum Gasteiger partial charge on any atom is -0.461 e. The number of rotatable bonds is 6. The van der Waals surface area contributed by atoms with Crippen LogP contribution in [-0.4, -0.2) is 33.4 Å². The van der Waals surface area contributed by atoms with Crippen molar-refractivity contribution in [3.05, 3.63) is 98.3 Å². The summed E-state index contributed by atoms with van der Waals surface area (Å²) in [5, 5.41) is 15.6. The molecule has 39 heavy (non-hydrogen) atoms. The van der Waals surface area contributed by atoms with Crippen LogP contribution < -0.4 is 5.56 Å². The number of carbonyl (C=O) groups is 1. The van der Waals surface area contributed by atoms with Crippen molar-refractivity contribution in [2.45, 2.75) is 51.9 Å². The van der Waals surface area contributed by atoms with Crippen molar-refractivity contribution in [3.63, 3.8) is 0 Å². The predicted octanol–water partition coefficient (Wildman–Crippen LogP) is 4.37. The van der Waals surface area contributed by atoms with Crippen molar-refractivity contribution >= 4 is 23.1 Å². The van der Waals surface area contributed by atoms with Crippen molar-refractivity contribution in [2.24, 2.45) is 5.16 Å². The number of hydrogen-bond donors (Lipinski definition) is 1. The third-order valence-corrected chi connectivity index (χ3v) is 8.02. The van der Waals surface area contributed by atoms with E-state index < -0.39 is 11.4 Å². The molecule has 8 nitrogen and oxygen atoms in total. The number of hydrogen-bond acceptors (Lipinski definition) is 7. The second-order valence-corrected chi connectivity index (χ2v) is 10.3. The molecule has 1 unspecified atom stereocenters. The van der Waals surface area contributed by atoms with Gasteiger partial charge in [-0.3, -0.25) is 9.59 Å². The molecule has 0 spiro atoms. The fourth-order valence-corrected chi connectivity index (χ4v) is 5.64. The summed E-state index contributed by atoms with van der Waals surface area (Å²) in [5.41, 5.74) is 6.00. The van der Waals surface area contributed by atoms with E-state index in [-0.39, 0.29) is 25.2 Å². The molecule has 2 aliphatic heterocycles. The summed E-state index contributed by atoms with van der Waals surface area (Å²) in [6, 6.07) is 17.8. The molecule has 1 atom stereocenters. The summed E-state index contributed by atoms with van der Waals surface area (Å²) in [5.74, 6) is -0.416. The monoisotopic (exact) mass is 523 g/mol. The van der Waals surface area contributed by atoms with Crippen molar-refractivity contribution in [2.75, 3.05) is 6.61 Å². The zero-order valence-electron chi connectivity index (χ0n) is 21.9. The third kappa shape index (κ3) is 4.21. The van der Waals surface area contributed by atoms with E-state index in [9.17, 15) is 14.7 Å². The molecule has 0 saturated heterocycles. The van der Waals surface area contributed by atoms with Crippen LogP contribution in [-0.2, 0) is 39.5 Å². The summed E-state index contributed by atoms with van der Waals surface area (Å²) in [7, 11) is 0. The maximum Gasteiger partial charge on any atom is 0.307 e. The molecular weight excluding hydrogens is 494 g/mol. The van der Waals surface area contributed by atoms with Crippen molar-refractivity contribution in [1.29, 1.82) is 0 Å². The van der Waals surface area contributed by atoms with E-state index in [1.165, 1.54) is 5.56 Å². The molecule has 1 N–H and O–H groups in total. The van der Waals surface area contributed by atoms with E-state index in [1.54, 1.807) is 10.8 Å². The number of carbonyl (C=O) groups excluding carboxylic acids is 1. The fourth-order valence-electron chi connectivity index (χ4n) is 5.64. The van der Waals surface area contributed by atoms with Gasteiger partial charge in [0.25, 0.3) is 5.56 Å². The third-order valence-electron chi connectivity index (χ3n) is 8.02. The number of aromatic nitrogens is 2. The van der Waals surface area contributed by atoms with Crippen LogP contribution in [0.5, 0.6) is 0 Å². The lowest BCUT2D eigenvalue weighted by atomic mass is 9.74. The van der Waals surface area contributed by atoms with Gasteiger partial charge in [-0.05, 0) is 36.6 Å². The number of pyridine rings is 2. The maximum absolute atomic E-state index is 13.8. The molecule has 0 saturated carbocycles. The molecule has 0 bridgehead atoms. The highest BCUT2D eigenvalue weighted by Crippen LogP contribution is 2.41. The van der Waals surface area contributed by atoms with Crippen LogP contribution in [0, 0.1) is 6.92 Å². The number of aliphatic hydroxyl groups is 1. The first-order valence-electron chi connectivity index (χ1n) is 13.1. The second-order valence-electron chi connectivity index (χ2n) is 10.3. The van der Waals surface area contributed by atoms with Gasteiger partial charge in [-0.15, -0.1) is 0 Å². The molecule has 2 aromatic carbocycles. The Morgan fingerprint density at radius 3 is 2.72 bits per heavy atom. The minimum atomic E-state index is -0.884. The Balaban J connectivity index is 1.46. The molecule has 0 amide bonds. The lowest BCUT2D eigenvalue weighted by Crippen LogP contribution is -2.35. The zero-order chi connectivity index (χ0) is 27.1.